The van der Waals surface area contributed by atoms with Crippen LogP contribution in [0.25, 0.3) is 0 Å². The predicted molar refractivity (Wildman–Crippen MR) is 61.3 cm³/mol. The summed E-state index contributed by atoms with van der Waals surface area (Å²) in [4.78, 5) is 16.0. The highest BCUT2D eigenvalue weighted by Gasteiger charge is 2.27. The average Bonchev–Trinajstić information content (AvgIpc) is 2.84. The normalized spacial score (nSPS) is 19.8. The molecule has 2 rings (SSSR count). The summed E-state index contributed by atoms with van der Waals surface area (Å²) in [5, 5.41) is 0. The van der Waals surface area contributed by atoms with Gasteiger partial charge in [-0.2, -0.15) is 0 Å². The number of oxazole rings is 1. The Morgan fingerprint density at radius 2 is 2.28 bits per heavy atom. The molecule has 6 heteroatoms. The van der Waals surface area contributed by atoms with Crippen LogP contribution in [0.2, 0.25) is 0 Å². The monoisotopic (exact) mass is 255 g/mol. The highest BCUT2D eigenvalue weighted by Crippen LogP contribution is 2.23. The molecule has 1 unspecified atom stereocenters. The van der Waals surface area contributed by atoms with Crippen LogP contribution in [-0.4, -0.2) is 37.4 Å². The van der Waals surface area contributed by atoms with Crippen molar-refractivity contribution in [2.75, 3.05) is 26.4 Å². The highest BCUT2D eigenvalue weighted by atomic mass is 16.6. The molecule has 1 aromatic rings. The summed E-state index contributed by atoms with van der Waals surface area (Å²) < 4.78 is 21.2. The number of ether oxygens (including phenoxy) is 3. The second-order valence-corrected chi connectivity index (χ2v) is 3.84. The van der Waals surface area contributed by atoms with Crippen molar-refractivity contribution in [2.24, 2.45) is 0 Å². The van der Waals surface area contributed by atoms with Crippen molar-refractivity contribution in [1.82, 2.24) is 4.98 Å². The van der Waals surface area contributed by atoms with E-state index in [-0.39, 0.29) is 11.9 Å². The van der Waals surface area contributed by atoms with Crippen molar-refractivity contribution in [2.45, 2.75) is 26.4 Å². The first-order valence-corrected chi connectivity index (χ1v) is 6.12. The highest BCUT2D eigenvalue weighted by molar-refractivity contribution is 5.87. The van der Waals surface area contributed by atoms with Crippen molar-refractivity contribution >= 4 is 5.97 Å². The van der Waals surface area contributed by atoms with Gasteiger partial charge in [-0.1, -0.05) is 6.92 Å². The molecule has 0 saturated carbocycles. The van der Waals surface area contributed by atoms with Crippen LogP contribution in [-0.2, 0) is 20.6 Å². The minimum Gasteiger partial charge on any atom is -0.460 e. The van der Waals surface area contributed by atoms with Crippen LogP contribution in [0.3, 0.4) is 0 Å². The SMILES string of the molecule is CCOC(=O)c1oc(C2COCCO2)nc1CC. The van der Waals surface area contributed by atoms with Gasteiger partial charge >= 0.3 is 5.97 Å². The van der Waals surface area contributed by atoms with Gasteiger partial charge in [0, 0.05) is 0 Å². The Balaban J connectivity index is 2.19. The first-order valence-electron chi connectivity index (χ1n) is 6.12. The van der Waals surface area contributed by atoms with Gasteiger partial charge in [0.15, 0.2) is 6.10 Å². The Morgan fingerprint density at radius 1 is 1.44 bits per heavy atom. The van der Waals surface area contributed by atoms with Crippen molar-refractivity contribution in [3.05, 3.63) is 17.3 Å². The van der Waals surface area contributed by atoms with E-state index in [9.17, 15) is 4.79 Å². The number of hydrogen-bond donors (Lipinski definition) is 0. The molecule has 1 saturated heterocycles. The maximum Gasteiger partial charge on any atom is 0.376 e. The summed E-state index contributed by atoms with van der Waals surface area (Å²) in [5.41, 5.74) is 0.595. The molecule has 100 valence electrons. The van der Waals surface area contributed by atoms with Gasteiger partial charge < -0.3 is 18.6 Å². The first-order chi connectivity index (χ1) is 8.76. The maximum atomic E-state index is 11.7. The van der Waals surface area contributed by atoms with Crippen LogP contribution < -0.4 is 0 Å². The third-order valence-electron chi connectivity index (χ3n) is 2.60. The lowest BCUT2D eigenvalue weighted by atomic mass is 10.3. The standard InChI is InChI=1S/C12H17NO5/c1-3-8-10(12(14)16-4-2)18-11(13-8)9-7-15-5-6-17-9/h9H,3-7H2,1-2H3. The molecular formula is C12H17NO5. The summed E-state index contributed by atoms with van der Waals surface area (Å²) in [6.07, 6.45) is 0.262. The van der Waals surface area contributed by atoms with E-state index in [0.29, 0.717) is 44.4 Å². The topological polar surface area (TPSA) is 70.8 Å². The van der Waals surface area contributed by atoms with Gasteiger partial charge in [-0.3, -0.25) is 0 Å². The summed E-state index contributed by atoms with van der Waals surface area (Å²) in [6.45, 7) is 5.43. The molecule has 0 radical (unpaired) electrons. The quantitative estimate of drug-likeness (QED) is 0.759. The van der Waals surface area contributed by atoms with Gasteiger partial charge in [0.2, 0.25) is 11.7 Å². The van der Waals surface area contributed by atoms with Crippen LogP contribution in [0, 0.1) is 0 Å². The number of nitrogens with zero attached hydrogens (tertiary/aromatic N) is 1. The zero-order chi connectivity index (χ0) is 13.0. The van der Waals surface area contributed by atoms with E-state index in [0.717, 1.165) is 0 Å². The molecule has 1 fully saturated rings. The number of aryl methyl sites for hydroxylation is 1. The molecule has 0 spiro atoms. The molecule has 1 aromatic heterocycles. The molecule has 0 bridgehead atoms. The second kappa shape index (κ2) is 5.97. The Kier molecular flexibility index (Phi) is 4.33. The van der Waals surface area contributed by atoms with Crippen LogP contribution >= 0.6 is 0 Å². The van der Waals surface area contributed by atoms with Crippen molar-refractivity contribution in [1.29, 1.82) is 0 Å². The number of carbonyl (C=O) groups is 1. The number of carbonyl (C=O) groups excluding carboxylic acids is 1. The molecule has 0 aromatic carbocycles. The number of hydrogen-bond acceptors (Lipinski definition) is 6. The zero-order valence-electron chi connectivity index (χ0n) is 10.6. The lowest BCUT2D eigenvalue weighted by Gasteiger charge is -2.19. The van der Waals surface area contributed by atoms with E-state index in [4.69, 9.17) is 18.6 Å². The molecule has 0 aliphatic carbocycles. The maximum absolute atomic E-state index is 11.7. The molecule has 1 aliphatic rings. The smallest absolute Gasteiger partial charge is 0.376 e. The largest absolute Gasteiger partial charge is 0.460 e. The molecule has 0 amide bonds. The van der Waals surface area contributed by atoms with Gasteiger partial charge in [-0.15, -0.1) is 0 Å². The summed E-state index contributed by atoms with van der Waals surface area (Å²) in [6, 6.07) is 0. The summed E-state index contributed by atoms with van der Waals surface area (Å²) in [7, 11) is 0. The van der Waals surface area contributed by atoms with E-state index < -0.39 is 5.97 Å². The molecule has 18 heavy (non-hydrogen) atoms. The fourth-order valence-corrected chi connectivity index (χ4v) is 1.73. The Bertz CT molecular complexity index is 409. The lowest BCUT2D eigenvalue weighted by molar-refractivity contribution is -0.0998. The third-order valence-corrected chi connectivity index (χ3v) is 2.60. The van der Waals surface area contributed by atoms with Gasteiger partial charge in [0.25, 0.3) is 0 Å². The lowest BCUT2D eigenvalue weighted by Crippen LogP contribution is -2.22. The van der Waals surface area contributed by atoms with E-state index in [1.807, 2.05) is 6.92 Å². The van der Waals surface area contributed by atoms with Gasteiger partial charge in [0.1, 0.15) is 0 Å². The number of aromatic nitrogens is 1. The van der Waals surface area contributed by atoms with E-state index in [1.54, 1.807) is 6.92 Å². The molecule has 2 heterocycles. The summed E-state index contributed by atoms with van der Waals surface area (Å²) in [5.74, 6) is 0.0722. The minimum atomic E-state index is -0.482. The van der Waals surface area contributed by atoms with Gasteiger partial charge in [-0.25, -0.2) is 9.78 Å². The minimum absolute atomic E-state index is 0.170. The Hall–Kier alpha value is -1.40. The fraction of sp³-hybridized carbons (Fsp3) is 0.667. The predicted octanol–water partition coefficient (Wildman–Crippen LogP) is 1.50. The molecule has 1 aliphatic heterocycles. The van der Waals surface area contributed by atoms with E-state index in [1.165, 1.54) is 0 Å². The van der Waals surface area contributed by atoms with Crippen molar-refractivity contribution < 1.29 is 23.4 Å². The van der Waals surface area contributed by atoms with Crippen molar-refractivity contribution in [3.63, 3.8) is 0 Å². The molecule has 1 atom stereocenters. The third kappa shape index (κ3) is 2.70. The van der Waals surface area contributed by atoms with E-state index >= 15 is 0 Å². The Morgan fingerprint density at radius 3 is 2.89 bits per heavy atom. The average molecular weight is 255 g/mol. The number of esters is 1. The molecule has 0 N–H and O–H groups in total. The van der Waals surface area contributed by atoms with Crippen molar-refractivity contribution in [3.8, 4) is 0 Å². The first kappa shape index (κ1) is 13.0. The van der Waals surface area contributed by atoms with Crippen LogP contribution in [0.4, 0.5) is 0 Å². The van der Waals surface area contributed by atoms with Crippen LogP contribution in [0.15, 0.2) is 4.42 Å². The second-order valence-electron chi connectivity index (χ2n) is 3.84. The summed E-state index contributed by atoms with van der Waals surface area (Å²) >= 11 is 0. The zero-order valence-corrected chi connectivity index (χ0v) is 10.6. The fourth-order valence-electron chi connectivity index (χ4n) is 1.73. The number of rotatable bonds is 4. The Labute approximate surface area is 105 Å². The van der Waals surface area contributed by atoms with Crippen LogP contribution in [0.5, 0.6) is 0 Å². The van der Waals surface area contributed by atoms with Gasteiger partial charge in [0.05, 0.1) is 32.1 Å². The van der Waals surface area contributed by atoms with E-state index in [2.05, 4.69) is 4.98 Å². The van der Waals surface area contributed by atoms with Gasteiger partial charge in [-0.05, 0) is 13.3 Å². The molecule has 6 nitrogen and oxygen atoms in total. The van der Waals surface area contributed by atoms with Crippen LogP contribution in [0.1, 0.15) is 42.1 Å². The molecular weight excluding hydrogens is 238 g/mol.